The van der Waals surface area contributed by atoms with Gasteiger partial charge in [0.05, 0.1) is 12.6 Å². The van der Waals surface area contributed by atoms with Crippen LogP contribution in [0.5, 0.6) is 5.75 Å². The lowest BCUT2D eigenvalue weighted by molar-refractivity contribution is 0.269. The fraction of sp³-hybridized carbons (Fsp3) is 0.350. The van der Waals surface area contributed by atoms with Crippen LogP contribution in [0.3, 0.4) is 0 Å². The Bertz CT molecular complexity index is 775. The Hall–Kier alpha value is -1.83. The fourth-order valence-electron chi connectivity index (χ4n) is 3.61. The van der Waals surface area contributed by atoms with Crippen LogP contribution >= 0.6 is 24.0 Å². The van der Waals surface area contributed by atoms with Crippen LogP contribution in [0.4, 0.5) is 4.39 Å². The second kappa shape index (κ2) is 8.24. The molecule has 1 unspecified atom stereocenters. The van der Waals surface area contributed by atoms with E-state index in [-0.39, 0.29) is 35.8 Å². The van der Waals surface area contributed by atoms with E-state index in [1.807, 2.05) is 36.4 Å². The number of hydrogen-bond donors (Lipinski definition) is 2. The molecule has 1 heterocycles. The van der Waals surface area contributed by atoms with Gasteiger partial charge < -0.3 is 15.8 Å². The summed E-state index contributed by atoms with van der Waals surface area (Å²) < 4.78 is 18.7. The first-order valence-corrected chi connectivity index (χ1v) is 8.76. The van der Waals surface area contributed by atoms with E-state index in [4.69, 9.17) is 10.5 Å². The van der Waals surface area contributed by atoms with Gasteiger partial charge >= 0.3 is 0 Å². The topological polar surface area (TPSA) is 59.6 Å². The van der Waals surface area contributed by atoms with Crippen molar-refractivity contribution in [3.63, 3.8) is 0 Å². The van der Waals surface area contributed by atoms with Crippen molar-refractivity contribution in [1.82, 2.24) is 5.32 Å². The number of rotatable bonds is 3. The highest BCUT2D eigenvalue weighted by atomic mass is 127. The highest BCUT2D eigenvalue weighted by Gasteiger charge is 2.31. The zero-order valence-electron chi connectivity index (χ0n) is 14.4. The summed E-state index contributed by atoms with van der Waals surface area (Å²) in [5, 5.41) is 3.32. The van der Waals surface area contributed by atoms with Gasteiger partial charge in [-0.3, -0.25) is 0 Å². The molecule has 1 fully saturated rings. The number of fused-ring (bicyclic) bond motifs is 1. The minimum Gasteiger partial charge on any atom is -0.493 e. The van der Waals surface area contributed by atoms with Gasteiger partial charge in [0.2, 0.25) is 0 Å². The molecule has 4 rings (SSSR count). The average Bonchev–Trinajstić information content (AvgIpc) is 2.59. The molecule has 2 aromatic rings. The van der Waals surface area contributed by atoms with Crippen molar-refractivity contribution in [2.24, 2.45) is 10.7 Å². The minimum atomic E-state index is -0.189. The van der Waals surface area contributed by atoms with E-state index in [1.165, 1.54) is 17.7 Å². The van der Waals surface area contributed by atoms with Gasteiger partial charge in [-0.2, -0.15) is 0 Å². The second-order valence-corrected chi connectivity index (χ2v) is 6.77. The quantitative estimate of drug-likeness (QED) is 0.406. The third kappa shape index (κ3) is 4.11. The molecule has 1 aliphatic carbocycles. The molecule has 0 bridgehead atoms. The Balaban J connectivity index is 0.00000196. The Kier molecular flexibility index (Phi) is 6.01. The van der Waals surface area contributed by atoms with E-state index in [0.717, 1.165) is 30.6 Å². The van der Waals surface area contributed by atoms with Gasteiger partial charge in [0, 0.05) is 18.0 Å². The largest absolute Gasteiger partial charge is 0.493 e. The maximum atomic E-state index is 13.0. The molecule has 1 aliphatic heterocycles. The molecule has 0 amide bonds. The molecule has 0 spiro atoms. The van der Waals surface area contributed by atoms with Gasteiger partial charge in [-0.15, -0.1) is 24.0 Å². The molecule has 2 aliphatic rings. The van der Waals surface area contributed by atoms with Crippen LogP contribution in [0, 0.1) is 5.82 Å². The summed E-state index contributed by atoms with van der Waals surface area (Å²) in [7, 11) is 0. The number of aliphatic imine (C=N–C) groups is 1. The molecular weight excluding hydrogens is 444 g/mol. The van der Waals surface area contributed by atoms with Gasteiger partial charge in [-0.05, 0) is 42.5 Å². The number of nitrogens with one attached hydrogen (secondary N) is 1. The van der Waals surface area contributed by atoms with Crippen molar-refractivity contribution in [3.05, 3.63) is 65.5 Å². The van der Waals surface area contributed by atoms with Gasteiger partial charge in [-0.25, -0.2) is 9.38 Å². The van der Waals surface area contributed by atoms with Gasteiger partial charge in [-0.1, -0.05) is 30.3 Å². The number of guanidine groups is 1. The number of benzene rings is 2. The number of hydrogen-bond acceptors (Lipinski definition) is 2. The first-order valence-electron chi connectivity index (χ1n) is 8.76. The standard InChI is InChI=1S/C20H22FN3O.HI/c21-15-7-5-13(6-8-15)14-11-16(12-14)23-20(22)24-18-9-10-25-19-4-2-1-3-17(18)19;/h1-8,14,16,18H,9-12H2,(H3,22,23,24);1H. The first kappa shape index (κ1) is 18.9. The number of nitrogens with zero attached hydrogens (tertiary/aromatic N) is 1. The lowest BCUT2D eigenvalue weighted by Crippen LogP contribution is -2.46. The highest BCUT2D eigenvalue weighted by molar-refractivity contribution is 14.0. The highest BCUT2D eigenvalue weighted by Crippen LogP contribution is 2.37. The van der Waals surface area contributed by atoms with Crippen LogP contribution in [0.15, 0.2) is 53.5 Å². The summed E-state index contributed by atoms with van der Waals surface area (Å²) in [5.41, 5.74) is 8.41. The maximum Gasteiger partial charge on any atom is 0.189 e. The monoisotopic (exact) mass is 467 g/mol. The van der Waals surface area contributed by atoms with Crippen molar-refractivity contribution in [3.8, 4) is 5.75 Å². The predicted octanol–water partition coefficient (Wildman–Crippen LogP) is 4.12. The Morgan fingerprint density at radius 1 is 1.12 bits per heavy atom. The number of para-hydroxylation sites is 1. The molecule has 2 aromatic carbocycles. The third-order valence-electron chi connectivity index (χ3n) is 5.05. The average molecular weight is 467 g/mol. The number of halogens is 2. The molecule has 4 nitrogen and oxygen atoms in total. The number of ether oxygens (including phenoxy) is 1. The van der Waals surface area contributed by atoms with Crippen LogP contribution in [0.1, 0.15) is 42.3 Å². The summed E-state index contributed by atoms with van der Waals surface area (Å²) in [6, 6.07) is 15.1. The van der Waals surface area contributed by atoms with Crippen LogP contribution in [-0.4, -0.2) is 18.6 Å². The molecule has 6 heteroatoms. The summed E-state index contributed by atoms with van der Waals surface area (Å²) >= 11 is 0. The molecule has 138 valence electrons. The van der Waals surface area contributed by atoms with Crippen LogP contribution in [0.2, 0.25) is 0 Å². The van der Waals surface area contributed by atoms with Crippen molar-refractivity contribution in [1.29, 1.82) is 0 Å². The fourth-order valence-corrected chi connectivity index (χ4v) is 3.61. The number of nitrogens with two attached hydrogens (primary N) is 1. The predicted molar refractivity (Wildman–Crippen MR) is 112 cm³/mol. The Morgan fingerprint density at radius 2 is 1.85 bits per heavy atom. The van der Waals surface area contributed by atoms with Crippen molar-refractivity contribution < 1.29 is 9.13 Å². The molecule has 1 atom stereocenters. The smallest absolute Gasteiger partial charge is 0.189 e. The molecule has 3 N–H and O–H groups in total. The molecule has 0 saturated heterocycles. The molecular formula is C20H23FIN3O. The summed E-state index contributed by atoms with van der Waals surface area (Å²) in [5.74, 6) is 1.67. The van der Waals surface area contributed by atoms with E-state index < -0.39 is 0 Å². The van der Waals surface area contributed by atoms with Crippen LogP contribution in [-0.2, 0) is 0 Å². The van der Waals surface area contributed by atoms with E-state index in [1.54, 1.807) is 0 Å². The van der Waals surface area contributed by atoms with Gasteiger partial charge in [0.15, 0.2) is 5.96 Å². The zero-order valence-corrected chi connectivity index (χ0v) is 16.7. The van der Waals surface area contributed by atoms with Crippen molar-refractivity contribution >= 4 is 29.9 Å². The van der Waals surface area contributed by atoms with E-state index >= 15 is 0 Å². The second-order valence-electron chi connectivity index (χ2n) is 6.77. The lowest BCUT2D eigenvalue weighted by Gasteiger charge is -2.36. The van der Waals surface area contributed by atoms with E-state index in [0.29, 0.717) is 24.5 Å². The van der Waals surface area contributed by atoms with Gasteiger partial charge in [0.1, 0.15) is 11.6 Å². The summed E-state index contributed by atoms with van der Waals surface area (Å²) in [6.07, 6.45) is 2.82. The van der Waals surface area contributed by atoms with E-state index in [2.05, 4.69) is 10.3 Å². The third-order valence-corrected chi connectivity index (χ3v) is 5.05. The molecule has 0 radical (unpaired) electrons. The Labute approximate surface area is 170 Å². The maximum absolute atomic E-state index is 13.0. The summed E-state index contributed by atoms with van der Waals surface area (Å²) in [6.45, 7) is 0.661. The van der Waals surface area contributed by atoms with E-state index in [9.17, 15) is 4.39 Å². The Morgan fingerprint density at radius 3 is 2.62 bits per heavy atom. The molecule has 1 saturated carbocycles. The van der Waals surface area contributed by atoms with Crippen molar-refractivity contribution in [2.45, 2.75) is 37.3 Å². The van der Waals surface area contributed by atoms with Crippen LogP contribution < -0.4 is 15.8 Å². The first-order chi connectivity index (χ1) is 12.2. The van der Waals surface area contributed by atoms with Gasteiger partial charge in [0.25, 0.3) is 0 Å². The zero-order chi connectivity index (χ0) is 17.2. The minimum absolute atomic E-state index is 0. The molecule has 26 heavy (non-hydrogen) atoms. The normalized spacial score (nSPS) is 24.5. The SMILES string of the molecule is I.NC(=NC1CCOc2ccccc21)NC1CC(c2ccc(F)cc2)C1. The van der Waals surface area contributed by atoms with Crippen LogP contribution in [0.25, 0.3) is 0 Å². The molecule has 0 aromatic heterocycles. The lowest BCUT2D eigenvalue weighted by atomic mass is 9.76. The van der Waals surface area contributed by atoms with Crippen molar-refractivity contribution in [2.75, 3.05) is 6.61 Å². The summed E-state index contributed by atoms with van der Waals surface area (Å²) in [4.78, 5) is 4.66.